The molecule has 1 aromatic rings. The van der Waals surface area contributed by atoms with E-state index in [0.29, 0.717) is 23.7 Å². The molecule has 7 heteroatoms. The minimum absolute atomic E-state index is 0.151. The number of ether oxygens (including phenoxy) is 2. The lowest BCUT2D eigenvalue weighted by atomic mass is 9.90. The minimum atomic E-state index is -1.54. The molecule has 30 heavy (non-hydrogen) atoms. The highest BCUT2D eigenvalue weighted by Gasteiger charge is 2.49. The number of esters is 1. The third-order valence-electron chi connectivity index (χ3n) is 6.13. The molecule has 2 unspecified atom stereocenters. The zero-order chi connectivity index (χ0) is 21.1. The van der Waals surface area contributed by atoms with Gasteiger partial charge in [0.05, 0.1) is 17.7 Å². The topological polar surface area (TPSA) is 84.9 Å². The van der Waals surface area contributed by atoms with Crippen molar-refractivity contribution in [3.63, 3.8) is 0 Å². The summed E-state index contributed by atoms with van der Waals surface area (Å²) in [6, 6.07) is 7.03. The van der Waals surface area contributed by atoms with Gasteiger partial charge in [-0.25, -0.2) is 4.79 Å². The van der Waals surface area contributed by atoms with E-state index >= 15 is 0 Å². The fourth-order valence-electron chi connectivity index (χ4n) is 4.47. The van der Waals surface area contributed by atoms with E-state index in [2.05, 4.69) is 24.4 Å². The lowest BCUT2D eigenvalue weighted by Gasteiger charge is -2.43. The Bertz CT molecular complexity index is 828. The maximum absolute atomic E-state index is 13.0. The van der Waals surface area contributed by atoms with Gasteiger partial charge in [-0.1, -0.05) is 49.0 Å². The van der Waals surface area contributed by atoms with Crippen LogP contribution in [0.2, 0.25) is 0 Å². The molecule has 3 aliphatic rings. The van der Waals surface area contributed by atoms with Crippen LogP contribution in [0.15, 0.2) is 36.4 Å². The van der Waals surface area contributed by atoms with Crippen LogP contribution in [-0.2, 0) is 15.9 Å². The Morgan fingerprint density at radius 2 is 2.03 bits per heavy atom. The summed E-state index contributed by atoms with van der Waals surface area (Å²) in [4.78, 5) is 24.7. The molecule has 3 aliphatic heterocycles. The molecule has 0 saturated carbocycles. The normalized spacial score (nSPS) is 35.1. The Labute approximate surface area is 181 Å². The predicted molar refractivity (Wildman–Crippen MR) is 115 cm³/mol. The molecule has 5 atom stereocenters. The summed E-state index contributed by atoms with van der Waals surface area (Å²) in [6.45, 7) is 2.18. The number of allylic oxidation sites excluding steroid dienone is 2. The standard InChI is InChI=1S/C23H29NO5S/c1-15-6-2-3-7-16-8-4-5-9-19(16)21(25)28-18-12-17(11-10-15)29-23(27,13-18)20-14-30-22(26)24-20/h2,4-6,8-9,15,17-18,20,27H,3,7,10-14H2,1H3,(H,24,26)/t15-,17?,18?,20+,23-/m1/s1. The highest BCUT2D eigenvalue weighted by atomic mass is 32.2. The number of benzene rings is 1. The van der Waals surface area contributed by atoms with Crippen LogP contribution in [0.5, 0.6) is 0 Å². The van der Waals surface area contributed by atoms with Gasteiger partial charge in [-0.2, -0.15) is 0 Å². The number of rotatable bonds is 1. The number of amides is 1. The second-order valence-corrected chi connectivity index (χ2v) is 9.52. The summed E-state index contributed by atoms with van der Waals surface area (Å²) in [7, 11) is 0. The summed E-state index contributed by atoms with van der Waals surface area (Å²) in [5, 5.41) is 13.9. The first-order valence-electron chi connectivity index (χ1n) is 10.7. The van der Waals surface area contributed by atoms with E-state index in [4.69, 9.17) is 9.47 Å². The molecule has 0 aromatic heterocycles. The summed E-state index contributed by atoms with van der Waals surface area (Å²) >= 11 is 1.14. The molecule has 3 heterocycles. The van der Waals surface area contributed by atoms with Gasteiger partial charge in [0.25, 0.3) is 5.24 Å². The van der Waals surface area contributed by atoms with Crippen LogP contribution < -0.4 is 5.32 Å². The van der Waals surface area contributed by atoms with Gasteiger partial charge in [0, 0.05) is 18.6 Å². The second-order valence-electron chi connectivity index (χ2n) is 8.53. The molecular formula is C23H29NO5S. The van der Waals surface area contributed by atoms with Crippen LogP contribution in [-0.4, -0.2) is 46.1 Å². The molecule has 0 aliphatic carbocycles. The van der Waals surface area contributed by atoms with Gasteiger partial charge in [-0.05, 0) is 43.2 Å². The molecule has 0 radical (unpaired) electrons. The largest absolute Gasteiger partial charge is 0.458 e. The lowest BCUT2D eigenvalue weighted by Crippen LogP contribution is -2.58. The first kappa shape index (κ1) is 21.4. The van der Waals surface area contributed by atoms with E-state index in [0.717, 1.165) is 43.0 Å². The SMILES string of the molecule is C[C@@H]1C=CCCc2ccccc2C(=O)OC2CC(CC1)O[C@@](O)([C@@H]1CSC(=O)N1)C2. The Morgan fingerprint density at radius 1 is 1.20 bits per heavy atom. The van der Waals surface area contributed by atoms with Crippen LogP contribution in [0, 0.1) is 5.92 Å². The van der Waals surface area contributed by atoms with Crippen molar-refractivity contribution >= 4 is 23.0 Å². The molecule has 1 aromatic carbocycles. The van der Waals surface area contributed by atoms with Crippen molar-refractivity contribution in [2.75, 3.05) is 5.75 Å². The molecule has 162 valence electrons. The number of carbonyl (C=O) groups excluding carboxylic acids is 2. The lowest BCUT2D eigenvalue weighted by molar-refractivity contribution is -0.282. The molecule has 1 amide bonds. The highest BCUT2D eigenvalue weighted by Crippen LogP contribution is 2.37. The maximum atomic E-state index is 13.0. The van der Waals surface area contributed by atoms with Gasteiger partial charge in [0.1, 0.15) is 6.10 Å². The maximum Gasteiger partial charge on any atom is 0.338 e. The van der Waals surface area contributed by atoms with Gasteiger partial charge in [-0.15, -0.1) is 0 Å². The molecule has 2 saturated heterocycles. The van der Waals surface area contributed by atoms with Crippen LogP contribution in [0.4, 0.5) is 4.79 Å². The number of fused-ring (bicyclic) bond motifs is 3. The monoisotopic (exact) mass is 431 g/mol. The third-order valence-corrected chi connectivity index (χ3v) is 7.01. The number of aryl methyl sites for hydroxylation is 1. The predicted octanol–water partition coefficient (Wildman–Crippen LogP) is 3.82. The highest BCUT2D eigenvalue weighted by molar-refractivity contribution is 8.14. The quantitative estimate of drug-likeness (QED) is 0.519. The van der Waals surface area contributed by atoms with Crippen molar-refractivity contribution in [1.29, 1.82) is 0 Å². The first-order chi connectivity index (χ1) is 14.4. The molecule has 2 N–H and O–H groups in total. The number of aliphatic hydroxyl groups is 1. The van der Waals surface area contributed by atoms with Gasteiger partial charge < -0.3 is 19.9 Å². The fraction of sp³-hybridized carbons (Fsp3) is 0.565. The minimum Gasteiger partial charge on any atom is -0.458 e. The van der Waals surface area contributed by atoms with Gasteiger partial charge in [-0.3, -0.25) is 4.79 Å². The number of thioether (sulfide) groups is 1. The van der Waals surface area contributed by atoms with Crippen molar-refractivity contribution in [1.82, 2.24) is 5.32 Å². The third kappa shape index (κ3) is 4.90. The number of hydrogen-bond acceptors (Lipinski definition) is 6. The van der Waals surface area contributed by atoms with Gasteiger partial charge >= 0.3 is 5.97 Å². The van der Waals surface area contributed by atoms with Crippen LogP contribution >= 0.6 is 11.8 Å². The van der Waals surface area contributed by atoms with E-state index in [1.54, 1.807) is 6.07 Å². The van der Waals surface area contributed by atoms with E-state index in [-0.39, 0.29) is 23.7 Å². The van der Waals surface area contributed by atoms with Crippen molar-refractivity contribution in [2.45, 2.75) is 69.5 Å². The average Bonchev–Trinajstić information content (AvgIpc) is 3.16. The number of hydrogen-bond donors (Lipinski definition) is 2. The Balaban J connectivity index is 1.60. The first-order valence-corrected chi connectivity index (χ1v) is 11.7. The smallest absolute Gasteiger partial charge is 0.338 e. The van der Waals surface area contributed by atoms with Gasteiger partial charge in [0.2, 0.25) is 0 Å². The zero-order valence-electron chi connectivity index (χ0n) is 17.2. The van der Waals surface area contributed by atoms with Crippen molar-refractivity contribution in [2.24, 2.45) is 5.92 Å². The average molecular weight is 432 g/mol. The van der Waals surface area contributed by atoms with E-state index in [1.807, 2.05) is 18.2 Å². The molecule has 0 spiro atoms. The Morgan fingerprint density at radius 3 is 2.83 bits per heavy atom. The molecule has 2 fully saturated rings. The summed E-state index contributed by atoms with van der Waals surface area (Å²) < 4.78 is 12.0. The molecule has 4 rings (SSSR count). The van der Waals surface area contributed by atoms with E-state index in [9.17, 15) is 14.7 Å². The Hall–Kier alpha value is -1.83. The summed E-state index contributed by atoms with van der Waals surface area (Å²) in [6.07, 6.45) is 7.70. The molecular weight excluding hydrogens is 402 g/mol. The van der Waals surface area contributed by atoms with Crippen LogP contribution in [0.3, 0.4) is 0 Å². The number of carbonyl (C=O) groups is 2. The van der Waals surface area contributed by atoms with Crippen LogP contribution in [0.25, 0.3) is 0 Å². The zero-order valence-corrected chi connectivity index (χ0v) is 18.0. The number of nitrogens with one attached hydrogen (secondary N) is 1. The fourth-order valence-corrected chi connectivity index (χ4v) is 5.36. The van der Waals surface area contributed by atoms with Crippen molar-refractivity contribution in [3.05, 3.63) is 47.5 Å². The van der Waals surface area contributed by atoms with E-state index < -0.39 is 17.9 Å². The summed E-state index contributed by atoms with van der Waals surface area (Å²) in [5.41, 5.74) is 1.54. The molecule has 6 nitrogen and oxygen atoms in total. The Kier molecular flexibility index (Phi) is 6.51. The summed E-state index contributed by atoms with van der Waals surface area (Å²) in [5.74, 6) is -1.07. The van der Waals surface area contributed by atoms with Gasteiger partial charge in [0.15, 0.2) is 5.79 Å². The van der Waals surface area contributed by atoms with Crippen molar-refractivity contribution < 1.29 is 24.2 Å². The van der Waals surface area contributed by atoms with Crippen molar-refractivity contribution in [3.8, 4) is 0 Å². The second kappa shape index (κ2) is 9.12. The van der Waals surface area contributed by atoms with Crippen LogP contribution in [0.1, 0.15) is 54.9 Å². The van der Waals surface area contributed by atoms with E-state index in [1.165, 1.54) is 0 Å². The molecule has 2 bridgehead atoms.